The lowest BCUT2D eigenvalue weighted by atomic mass is 10.1. The van der Waals surface area contributed by atoms with Crippen LogP contribution in [0.1, 0.15) is 23.7 Å². The molecule has 2 atom stereocenters. The SMILES string of the molecule is CC1OCCC1N(C)C(=O)c1cc(N)nc2ccccc12. The summed E-state index contributed by atoms with van der Waals surface area (Å²) in [6.07, 6.45) is 0.923. The summed E-state index contributed by atoms with van der Waals surface area (Å²) in [5.74, 6) is 0.323. The first kappa shape index (κ1) is 13.8. The minimum absolute atomic E-state index is 0.0392. The highest BCUT2D eigenvalue weighted by Gasteiger charge is 2.31. The van der Waals surface area contributed by atoms with Crippen molar-refractivity contribution in [1.82, 2.24) is 9.88 Å². The first-order valence-electron chi connectivity index (χ1n) is 7.12. The fraction of sp³-hybridized carbons (Fsp3) is 0.375. The van der Waals surface area contributed by atoms with Gasteiger partial charge in [0.25, 0.3) is 5.91 Å². The Morgan fingerprint density at radius 3 is 2.90 bits per heavy atom. The lowest BCUT2D eigenvalue weighted by molar-refractivity contribution is 0.0576. The molecule has 2 N–H and O–H groups in total. The number of anilines is 1. The van der Waals surface area contributed by atoms with E-state index in [1.807, 2.05) is 38.2 Å². The van der Waals surface area contributed by atoms with Crippen molar-refractivity contribution in [3.8, 4) is 0 Å². The molecule has 0 aliphatic carbocycles. The number of nitrogens with two attached hydrogens (primary N) is 1. The van der Waals surface area contributed by atoms with Gasteiger partial charge in [-0.1, -0.05) is 18.2 Å². The van der Waals surface area contributed by atoms with Crippen molar-refractivity contribution in [2.45, 2.75) is 25.5 Å². The maximum Gasteiger partial charge on any atom is 0.254 e. The molecule has 2 heterocycles. The number of nitrogen functional groups attached to an aromatic ring is 1. The van der Waals surface area contributed by atoms with Crippen LogP contribution < -0.4 is 5.73 Å². The largest absolute Gasteiger partial charge is 0.384 e. The Bertz CT molecular complexity index is 686. The van der Waals surface area contributed by atoms with E-state index in [0.717, 1.165) is 17.3 Å². The summed E-state index contributed by atoms with van der Waals surface area (Å²) >= 11 is 0. The Kier molecular flexibility index (Phi) is 3.51. The highest BCUT2D eigenvalue weighted by molar-refractivity contribution is 6.06. The van der Waals surface area contributed by atoms with Gasteiger partial charge in [0.15, 0.2) is 0 Å². The molecule has 2 unspecified atom stereocenters. The Morgan fingerprint density at radius 2 is 2.19 bits per heavy atom. The number of nitrogens with zero attached hydrogens (tertiary/aromatic N) is 2. The van der Waals surface area contributed by atoms with Crippen LogP contribution in [0.15, 0.2) is 30.3 Å². The van der Waals surface area contributed by atoms with E-state index in [9.17, 15) is 4.79 Å². The molecule has 0 saturated carbocycles. The lowest BCUT2D eigenvalue weighted by Gasteiger charge is -2.27. The van der Waals surface area contributed by atoms with Crippen LogP contribution in [0.2, 0.25) is 0 Å². The second-order valence-electron chi connectivity index (χ2n) is 5.46. The number of para-hydroxylation sites is 1. The number of carbonyl (C=O) groups is 1. The summed E-state index contributed by atoms with van der Waals surface area (Å²) < 4.78 is 5.55. The second kappa shape index (κ2) is 5.33. The van der Waals surface area contributed by atoms with E-state index >= 15 is 0 Å². The summed E-state index contributed by atoms with van der Waals surface area (Å²) in [4.78, 5) is 18.9. The zero-order chi connectivity index (χ0) is 15.0. The highest BCUT2D eigenvalue weighted by Crippen LogP contribution is 2.24. The molecule has 1 fully saturated rings. The molecule has 0 bridgehead atoms. The van der Waals surface area contributed by atoms with Crippen molar-refractivity contribution in [1.29, 1.82) is 0 Å². The van der Waals surface area contributed by atoms with Gasteiger partial charge in [-0.15, -0.1) is 0 Å². The summed E-state index contributed by atoms with van der Waals surface area (Å²) in [6.45, 7) is 2.70. The molecule has 0 spiro atoms. The number of rotatable bonds is 2. The number of carbonyl (C=O) groups excluding carboxylic acids is 1. The van der Waals surface area contributed by atoms with E-state index in [2.05, 4.69) is 4.98 Å². The molecule has 110 valence electrons. The topological polar surface area (TPSA) is 68.5 Å². The van der Waals surface area contributed by atoms with Gasteiger partial charge in [-0.3, -0.25) is 4.79 Å². The molecule has 1 aromatic heterocycles. The van der Waals surface area contributed by atoms with Crippen molar-refractivity contribution in [2.24, 2.45) is 0 Å². The monoisotopic (exact) mass is 285 g/mol. The average Bonchev–Trinajstić information content (AvgIpc) is 2.91. The van der Waals surface area contributed by atoms with E-state index in [4.69, 9.17) is 10.5 Å². The van der Waals surface area contributed by atoms with Crippen LogP contribution in [0, 0.1) is 0 Å². The number of hydrogen-bond donors (Lipinski definition) is 1. The number of aromatic nitrogens is 1. The van der Waals surface area contributed by atoms with Crippen LogP contribution in [0.3, 0.4) is 0 Å². The normalized spacial score (nSPS) is 21.6. The highest BCUT2D eigenvalue weighted by atomic mass is 16.5. The van der Waals surface area contributed by atoms with E-state index < -0.39 is 0 Å². The van der Waals surface area contributed by atoms with Gasteiger partial charge in [0, 0.05) is 19.0 Å². The molecule has 1 saturated heterocycles. The number of ether oxygens (including phenoxy) is 1. The van der Waals surface area contributed by atoms with Crippen molar-refractivity contribution < 1.29 is 9.53 Å². The van der Waals surface area contributed by atoms with Gasteiger partial charge in [0.1, 0.15) is 5.82 Å². The fourth-order valence-corrected chi connectivity index (χ4v) is 2.94. The van der Waals surface area contributed by atoms with Crippen LogP contribution in [-0.2, 0) is 4.74 Å². The van der Waals surface area contributed by atoms with Gasteiger partial charge in [-0.2, -0.15) is 0 Å². The Hall–Kier alpha value is -2.14. The number of pyridine rings is 1. The first-order valence-corrected chi connectivity index (χ1v) is 7.12. The van der Waals surface area contributed by atoms with Gasteiger partial charge in [-0.05, 0) is 25.5 Å². The van der Waals surface area contributed by atoms with Crippen LogP contribution >= 0.6 is 0 Å². The molecule has 1 aliphatic heterocycles. The van der Waals surface area contributed by atoms with Crippen LogP contribution in [-0.4, -0.2) is 41.6 Å². The number of likely N-dealkylation sites (N-methyl/N-ethyl adjacent to an activating group) is 1. The molecular weight excluding hydrogens is 266 g/mol. The number of fused-ring (bicyclic) bond motifs is 1. The third kappa shape index (κ3) is 2.45. The molecule has 21 heavy (non-hydrogen) atoms. The van der Waals surface area contributed by atoms with Crippen LogP contribution in [0.4, 0.5) is 5.82 Å². The van der Waals surface area contributed by atoms with Crippen molar-refractivity contribution in [2.75, 3.05) is 19.4 Å². The average molecular weight is 285 g/mol. The minimum atomic E-state index is -0.0392. The summed E-state index contributed by atoms with van der Waals surface area (Å²) in [6, 6.07) is 9.31. The third-order valence-corrected chi connectivity index (χ3v) is 4.12. The van der Waals surface area contributed by atoms with Crippen LogP contribution in [0.25, 0.3) is 10.9 Å². The van der Waals surface area contributed by atoms with E-state index in [-0.39, 0.29) is 18.1 Å². The van der Waals surface area contributed by atoms with Crippen molar-refractivity contribution in [3.05, 3.63) is 35.9 Å². The van der Waals surface area contributed by atoms with Gasteiger partial charge in [0.2, 0.25) is 0 Å². The zero-order valence-corrected chi connectivity index (χ0v) is 12.2. The van der Waals surface area contributed by atoms with Gasteiger partial charge in [0.05, 0.1) is 23.2 Å². The number of hydrogen-bond acceptors (Lipinski definition) is 4. The van der Waals surface area contributed by atoms with E-state index in [1.165, 1.54) is 0 Å². The zero-order valence-electron chi connectivity index (χ0n) is 12.2. The van der Waals surface area contributed by atoms with E-state index in [1.54, 1.807) is 11.0 Å². The Morgan fingerprint density at radius 1 is 1.43 bits per heavy atom. The standard InChI is InChI=1S/C16H19N3O2/c1-10-14(7-8-21-10)19(2)16(20)12-9-15(17)18-13-6-4-3-5-11(12)13/h3-6,9-10,14H,7-8H2,1-2H3,(H2,17,18). The molecule has 0 radical (unpaired) electrons. The van der Waals surface area contributed by atoms with Gasteiger partial charge < -0.3 is 15.4 Å². The smallest absolute Gasteiger partial charge is 0.254 e. The van der Waals surface area contributed by atoms with Gasteiger partial charge in [-0.25, -0.2) is 4.98 Å². The van der Waals surface area contributed by atoms with Gasteiger partial charge >= 0.3 is 0 Å². The van der Waals surface area contributed by atoms with E-state index in [0.29, 0.717) is 18.0 Å². The third-order valence-electron chi connectivity index (χ3n) is 4.12. The molecule has 5 heteroatoms. The number of benzene rings is 1. The quantitative estimate of drug-likeness (QED) is 0.917. The predicted molar refractivity (Wildman–Crippen MR) is 82.1 cm³/mol. The molecule has 2 aromatic rings. The Labute approximate surface area is 123 Å². The lowest BCUT2D eigenvalue weighted by Crippen LogP contribution is -2.41. The molecule has 1 aliphatic rings. The molecule has 3 rings (SSSR count). The molecule has 1 amide bonds. The van der Waals surface area contributed by atoms with Crippen molar-refractivity contribution >= 4 is 22.6 Å². The molecular formula is C16H19N3O2. The fourth-order valence-electron chi connectivity index (χ4n) is 2.94. The number of amides is 1. The Balaban J connectivity index is 2.01. The maximum absolute atomic E-state index is 12.8. The predicted octanol–water partition coefficient (Wildman–Crippen LogP) is 2.07. The van der Waals surface area contributed by atoms with Crippen LogP contribution in [0.5, 0.6) is 0 Å². The van der Waals surface area contributed by atoms with Crippen molar-refractivity contribution in [3.63, 3.8) is 0 Å². The maximum atomic E-state index is 12.8. The molecule has 1 aromatic carbocycles. The summed E-state index contributed by atoms with van der Waals surface area (Å²) in [5, 5.41) is 0.829. The summed E-state index contributed by atoms with van der Waals surface area (Å²) in [7, 11) is 1.82. The minimum Gasteiger partial charge on any atom is -0.384 e. The molecule has 5 nitrogen and oxygen atoms in total. The first-order chi connectivity index (χ1) is 10.1. The summed E-state index contributed by atoms with van der Waals surface area (Å²) in [5.41, 5.74) is 7.17. The second-order valence-corrected chi connectivity index (χ2v) is 5.46.